The molecule has 2 rings (SSSR count). The van der Waals surface area contributed by atoms with Crippen molar-refractivity contribution in [2.24, 2.45) is 5.92 Å². The summed E-state index contributed by atoms with van der Waals surface area (Å²) >= 11 is 0. The molecule has 1 heterocycles. The van der Waals surface area contributed by atoms with E-state index >= 15 is 0 Å². The molecule has 1 aromatic heterocycles. The van der Waals surface area contributed by atoms with Crippen LogP contribution in [0.2, 0.25) is 0 Å². The van der Waals surface area contributed by atoms with Crippen molar-refractivity contribution < 1.29 is 8.42 Å². The Bertz CT molecular complexity index is 593. The number of aromatic nitrogens is 4. The zero-order chi connectivity index (χ0) is 13.2. The van der Waals surface area contributed by atoms with E-state index in [1.807, 2.05) is 13.8 Å². The number of rotatable bonds is 4. The predicted octanol–water partition coefficient (Wildman–Crippen LogP) is 1.37. The third kappa shape index (κ3) is 2.26. The van der Waals surface area contributed by atoms with Crippen LogP contribution in [0.25, 0.3) is 0 Å². The summed E-state index contributed by atoms with van der Waals surface area (Å²) < 4.78 is 25.1. The van der Waals surface area contributed by atoms with Gasteiger partial charge in [0, 0.05) is 0 Å². The fourth-order valence-corrected chi connectivity index (χ4v) is 3.77. The number of aromatic amines is 1. The van der Waals surface area contributed by atoms with Gasteiger partial charge in [-0.05, 0) is 18.1 Å². The Morgan fingerprint density at radius 3 is 2.33 bits per heavy atom. The van der Waals surface area contributed by atoms with Gasteiger partial charge in [0.15, 0.2) is 15.7 Å². The first kappa shape index (κ1) is 12.7. The lowest BCUT2D eigenvalue weighted by molar-refractivity contribution is 0.528. The lowest BCUT2D eigenvalue weighted by Crippen LogP contribution is -2.20. The molecular formula is C11H14N4O2S. The highest BCUT2D eigenvalue weighted by Gasteiger charge is 2.34. The van der Waals surface area contributed by atoms with Gasteiger partial charge in [-0.15, -0.1) is 10.2 Å². The van der Waals surface area contributed by atoms with Crippen LogP contribution in [0.5, 0.6) is 0 Å². The van der Waals surface area contributed by atoms with Crippen molar-refractivity contribution in [1.29, 1.82) is 0 Å². The van der Waals surface area contributed by atoms with Crippen LogP contribution in [-0.4, -0.2) is 29.0 Å². The van der Waals surface area contributed by atoms with Crippen molar-refractivity contribution >= 4 is 9.84 Å². The highest BCUT2D eigenvalue weighted by molar-refractivity contribution is 7.91. The smallest absolute Gasteiger partial charge is 0.193 e. The van der Waals surface area contributed by atoms with Crippen molar-refractivity contribution in [1.82, 2.24) is 20.6 Å². The molecule has 96 valence electrons. The fourth-order valence-electron chi connectivity index (χ4n) is 1.84. The Balaban J connectivity index is 2.50. The highest BCUT2D eigenvalue weighted by atomic mass is 32.2. The molecule has 1 atom stereocenters. The Morgan fingerprint density at radius 2 is 1.83 bits per heavy atom. The lowest BCUT2D eigenvalue weighted by Gasteiger charge is -2.17. The van der Waals surface area contributed by atoms with Gasteiger partial charge in [-0.3, -0.25) is 0 Å². The van der Waals surface area contributed by atoms with E-state index in [4.69, 9.17) is 0 Å². The zero-order valence-corrected chi connectivity index (χ0v) is 10.9. The Labute approximate surface area is 105 Å². The van der Waals surface area contributed by atoms with Crippen LogP contribution in [0, 0.1) is 5.92 Å². The summed E-state index contributed by atoms with van der Waals surface area (Å²) in [4.78, 5) is 0.272. The molecule has 18 heavy (non-hydrogen) atoms. The van der Waals surface area contributed by atoms with Gasteiger partial charge in [0.2, 0.25) is 0 Å². The van der Waals surface area contributed by atoms with Crippen molar-refractivity contribution in [3.8, 4) is 0 Å². The summed E-state index contributed by atoms with van der Waals surface area (Å²) in [5.41, 5.74) is 0. The number of H-pyrrole nitrogens is 1. The molecule has 0 saturated heterocycles. The standard InChI is InChI=1S/C11H14N4O2S/c1-8(2)10(11-12-14-15-13-11)18(16,17)9-6-4-3-5-7-9/h3-8,10H,1-2H3,(H,12,13,14,15). The summed E-state index contributed by atoms with van der Waals surface area (Å²) in [5, 5.41) is 12.5. The number of nitrogens with zero attached hydrogens (tertiary/aromatic N) is 3. The summed E-state index contributed by atoms with van der Waals surface area (Å²) in [6, 6.07) is 8.31. The molecule has 1 N–H and O–H groups in total. The minimum Gasteiger partial charge on any atom is -0.223 e. The minimum absolute atomic E-state index is 0.146. The molecule has 1 aromatic carbocycles. The van der Waals surface area contributed by atoms with E-state index in [0.29, 0.717) is 0 Å². The molecule has 0 aliphatic carbocycles. The molecule has 7 heteroatoms. The normalized spacial score (nSPS) is 13.7. The van der Waals surface area contributed by atoms with E-state index in [0.717, 1.165) is 0 Å². The van der Waals surface area contributed by atoms with Crippen LogP contribution in [-0.2, 0) is 9.84 Å². The van der Waals surface area contributed by atoms with Crippen molar-refractivity contribution in [3.63, 3.8) is 0 Å². The first-order valence-electron chi connectivity index (χ1n) is 5.55. The van der Waals surface area contributed by atoms with Gasteiger partial charge < -0.3 is 0 Å². The van der Waals surface area contributed by atoms with E-state index in [1.54, 1.807) is 30.3 Å². The highest BCUT2D eigenvalue weighted by Crippen LogP contribution is 2.32. The van der Waals surface area contributed by atoms with Crippen LogP contribution in [0.15, 0.2) is 35.2 Å². The van der Waals surface area contributed by atoms with Crippen LogP contribution < -0.4 is 0 Å². The summed E-state index contributed by atoms with van der Waals surface area (Å²) in [6.07, 6.45) is 0. The molecule has 0 aliphatic heterocycles. The number of hydrogen-bond acceptors (Lipinski definition) is 5. The molecule has 2 aromatic rings. The number of benzene rings is 1. The van der Waals surface area contributed by atoms with Crippen LogP contribution in [0.4, 0.5) is 0 Å². The zero-order valence-electron chi connectivity index (χ0n) is 10.1. The molecule has 0 aliphatic rings. The molecule has 6 nitrogen and oxygen atoms in total. The number of tetrazole rings is 1. The van der Waals surface area contributed by atoms with E-state index in [-0.39, 0.29) is 16.6 Å². The van der Waals surface area contributed by atoms with Crippen LogP contribution in [0.3, 0.4) is 0 Å². The second-order valence-electron chi connectivity index (χ2n) is 4.29. The minimum atomic E-state index is -3.51. The lowest BCUT2D eigenvalue weighted by atomic mass is 10.1. The largest absolute Gasteiger partial charge is 0.223 e. The molecule has 0 fully saturated rings. The number of nitrogens with one attached hydrogen (secondary N) is 1. The van der Waals surface area contributed by atoms with E-state index in [9.17, 15) is 8.42 Å². The van der Waals surface area contributed by atoms with Crippen LogP contribution >= 0.6 is 0 Å². The van der Waals surface area contributed by atoms with E-state index < -0.39 is 15.1 Å². The molecule has 0 bridgehead atoms. The quantitative estimate of drug-likeness (QED) is 0.902. The molecular weight excluding hydrogens is 252 g/mol. The SMILES string of the molecule is CC(C)C(c1nn[nH]n1)S(=O)(=O)c1ccccc1. The maximum atomic E-state index is 12.6. The van der Waals surface area contributed by atoms with Gasteiger partial charge in [0.05, 0.1) is 4.90 Å². The van der Waals surface area contributed by atoms with Crippen molar-refractivity contribution in [2.45, 2.75) is 24.0 Å². The fraction of sp³-hybridized carbons (Fsp3) is 0.364. The Kier molecular flexibility index (Phi) is 3.42. The average molecular weight is 266 g/mol. The third-order valence-electron chi connectivity index (χ3n) is 2.63. The molecule has 0 saturated carbocycles. The van der Waals surface area contributed by atoms with Crippen molar-refractivity contribution in [3.05, 3.63) is 36.2 Å². The van der Waals surface area contributed by atoms with Crippen LogP contribution in [0.1, 0.15) is 24.9 Å². The third-order valence-corrected chi connectivity index (χ3v) is 4.98. The van der Waals surface area contributed by atoms with Gasteiger partial charge in [0.1, 0.15) is 5.25 Å². The average Bonchev–Trinajstić information content (AvgIpc) is 2.83. The van der Waals surface area contributed by atoms with Gasteiger partial charge in [-0.1, -0.05) is 37.3 Å². The monoisotopic (exact) mass is 266 g/mol. The summed E-state index contributed by atoms with van der Waals surface area (Å²) in [7, 11) is -3.51. The van der Waals surface area contributed by atoms with Crippen molar-refractivity contribution in [2.75, 3.05) is 0 Å². The Hall–Kier alpha value is -1.76. The van der Waals surface area contributed by atoms with E-state index in [1.165, 1.54) is 0 Å². The topological polar surface area (TPSA) is 88.6 Å². The molecule has 0 radical (unpaired) electrons. The first-order chi connectivity index (χ1) is 8.53. The van der Waals surface area contributed by atoms with Gasteiger partial charge in [0.25, 0.3) is 0 Å². The molecule has 1 unspecified atom stereocenters. The number of sulfone groups is 1. The van der Waals surface area contributed by atoms with E-state index in [2.05, 4.69) is 20.6 Å². The van der Waals surface area contributed by atoms with Gasteiger partial charge in [-0.2, -0.15) is 5.21 Å². The second kappa shape index (κ2) is 4.85. The second-order valence-corrected chi connectivity index (χ2v) is 6.36. The van der Waals surface area contributed by atoms with Gasteiger partial charge in [-0.25, -0.2) is 8.42 Å². The summed E-state index contributed by atoms with van der Waals surface area (Å²) in [6.45, 7) is 3.64. The maximum absolute atomic E-state index is 12.6. The predicted molar refractivity (Wildman–Crippen MR) is 65.4 cm³/mol. The van der Waals surface area contributed by atoms with Gasteiger partial charge >= 0.3 is 0 Å². The first-order valence-corrected chi connectivity index (χ1v) is 7.10. The summed E-state index contributed by atoms with van der Waals surface area (Å²) in [5.74, 6) is 0.0571. The number of hydrogen-bond donors (Lipinski definition) is 1. The maximum Gasteiger partial charge on any atom is 0.193 e. The molecule has 0 spiro atoms. The Morgan fingerprint density at radius 1 is 1.17 bits per heavy atom. The molecule has 0 amide bonds.